The van der Waals surface area contributed by atoms with Gasteiger partial charge in [0, 0.05) is 30.5 Å². The Hall–Kier alpha value is -2.53. The molecule has 1 aliphatic rings. The first-order valence-electron chi connectivity index (χ1n) is 10.6. The summed E-state index contributed by atoms with van der Waals surface area (Å²) in [6.07, 6.45) is 3.71. The highest BCUT2D eigenvalue weighted by Gasteiger charge is 2.23. The Morgan fingerprint density at radius 1 is 1.14 bits per heavy atom. The second-order valence-corrected chi connectivity index (χ2v) is 7.97. The number of carbonyl (C=O) groups is 1. The molecule has 5 nitrogen and oxygen atoms in total. The number of ether oxygens (including phenoxy) is 1. The molecule has 5 heteroatoms. The number of nitrogens with one attached hydrogen (secondary N) is 1. The molecule has 1 amide bonds. The van der Waals surface area contributed by atoms with E-state index in [4.69, 9.17) is 4.74 Å². The molecule has 1 heterocycles. The van der Waals surface area contributed by atoms with Crippen molar-refractivity contribution in [3.05, 3.63) is 54.1 Å². The number of benzene rings is 2. The first-order valence-corrected chi connectivity index (χ1v) is 10.6. The quantitative estimate of drug-likeness (QED) is 0.647. The zero-order chi connectivity index (χ0) is 20.6. The number of anilines is 2. The zero-order valence-corrected chi connectivity index (χ0v) is 17.9. The third kappa shape index (κ3) is 6.23. The van der Waals surface area contributed by atoms with Gasteiger partial charge in [-0.2, -0.15) is 0 Å². The molecule has 1 unspecified atom stereocenters. The van der Waals surface area contributed by atoms with Gasteiger partial charge in [0.05, 0.1) is 13.0 Å². The van der Waals surface area contributed by atoms with Crippen LogP contribution in [0.2, 0.25) is 0 Å². The molecule has 0 saturated carbocycles. The van der Waals surface area contributed by atoms with Crippen molar-refractivity contribution in [1.82, 2.24) is 4.90 Å². The molecule has 2 aromatic carbocycles. The Morgan fingerprint density at radius 2 is 1.86 bits per heavy atom. The minimum Gasteiger partial charge on any atom is -0.494 e. The van der Waals surface area contributed by atoms with Crippen LogP contribution in [-0.2, 0) is 11.2 Å². The molecular formula is C24H33N3O2. The van der Waals surface area contributed by atoms with Crippen LogP contribution < -0.4 is 15.0 Å². The van der Waals surface area contributed by atoms with Crippen molar-refractivity contribution in [1.29, 1.82) is 0 Å². The van der Waals surface area contributed by atoms with Gasteiger partial charge in [0.15, 0.2) is 0 Å². The van der Waals surface area contributed by atoms with Crippen LogP contribution in [-0.4, -0.2) is 50.6 Å². The number of nitrogens with zero attached hydrogens (tertiary/aromatic N) is 2. The maximum Gasteiger partial charge on any atom is 0.228 e. The third-order valence-corrected chi connectivity index (χ3v) is 5.46. The van der Waals surface area contributed by atoms with Crippen molar-refractivity contribution >= 4 is 17.3 Å². The van der Waals surface area contributed by atoms with Crippen LogP contribution in [0.4, 0.5) is 11.4 Å². The van der Waals surface area contributed by atoms with E-state index in [9.17, 15) is 4.79 Å². The van der Waals surface area contributed by atoms with Crippen molar-refractivity contribution in [3.8, 4) is 5.75 Å². The van der Waals surface area contributed by atoms with Gasteiger partial charge in [-0.05, 0) is 68.9 Å². The number of hydrogen-bond donors (Lipinski definition) is 1. The predicted molar refractivity (Wildman–Crippen MR) is 120 cm³/mol. The third-order valence-electron chi connectivity index (χ3n) is 5.46. The smallest absolute Gasteiger partial charge is 0.228 e. The van der Waals surface area contributed by atoms with E-state index in [0.29, 0.717) is 12.5 Å². The predicted octanol–water partition coefficient (Wildman–Crippen LogP) is 4.19. The number of unbranched alkanes of at least 4 members (excludes halogenated alkanes) is 1. The maximum absolute atomic E-state index is 12.4. The highest BCUT2D eigenvalue weighted by Crippen LogP contribution is 2.24. The van der Waals surface area contributed by atoms with Crippen molar-refractivity contribution in [3.63, 3.8) is 0 Å². The molecule has 29 heavy (non-hydrogen) atoms. The fourth-order valence-electron chi connectivity index (χ4n) is 3.58. The van der Waals surface area contributed by atoms with Crippen LogP contribution in [0.3, 0.4) is 0 Å². The van der Waals surface area contributed by atoms with Crippen LogP contribution >= 0.6 is 0 Å². The average molecular weight is 396 g/mol. The van der Waals surface area contributed by atoms with E-state index in [1.807, 2.05) is 36.4 Å². The number of rotatable bonds is 9. The minimum atomic E-state index is -0.00811. The molecule has 1 N–H and O–H groups in total. The van der Waals surface area contributed by atoms with Crippen LogP contribution in [0.15, 0.2) is 48.5 Å². The van der Waals surface area contributed by atoms with Gasteiger partial charge < -0.3 is 19.9 Å². The lowest BCUT2D eigenvalue weighted by molar-refractivity contribution is -0.115. The first kappa shape index (κ1) is 21.2. The molecule has 1 atom stereocenters. The SMILES string of the molecule is CCCCOc1ccc(CC(=O)Nc2ccc(N3CCC(N(C)C)C3)cc2)cc1. The molecule has 2 aromatic rings. The summed E-state index contributed by atoms with van der Waals surface area (Å²) in [6.45, 7) is 5.01. The molecule has 156 valence electrons. The highest BCUT2D eigenvalue weighted by atomic mass is 16.5. The molecule has 1 aliphatic heterocycles. The Morgan fingerprint density at radius 3 is 2.48 bits per heavy atom. The summed E-state index contributed by atoms with van der Waals surface area (Å²) in [5.41, 5.74) is 3.03. The van der Waals surface area contributed by atoms with Gasteiger partial charge in [0.25, 0.3) is 0 Å². The first-order chi connectivity index (χ1) is 14.0. The van der Waals surface area contributed by atoms with Crippen molar-refractivity contribution < 1.29 is 9.53 Å². The lowest BCUT2D eigenvalue weighted by Gasteiger charge is -2.22. The van der Waals surface area contributed by atoms with Gasteiger partial charge in [0.1, 0.15) is 5.75 Å². The van der Waals surface area contributed by atoms with Gasteiger partial charge in [0.2, 0.25) is 5.91 Å². The minimum absolute atomic E-state index is 0.00811. The summed E-state index contributed by atoms with van der Waals surface area (Å²) in [4.78, 5) is 17.1. The van der Waals surface area contributed by atoms with E-state index >= 15 is 0 Å². The van der Waals surface area contributed by atoms with Crippen molar-refractivity contribution in [2.24, 2.45) is 0 Å². The average Bonchev–Trinajstić information content (AvgIpc) is 3.21. The molecule has 3 rings (SSSR count). The molecule has 0 radical (unpaired) electrons. The summed E-state index contributed by atoms with van der Waals surface area (Å²) in [6, 6.07) is 16.6. The van der Waals surface area contributed by atoms with Crippen LogP contribution in [0, 0.1) is 0 Å². The number of likely N-dealkylation sites (N-methyl/N-ethyl adjacent to an activating group) is 1. The topological polar surface area (TPSA) is 44.8 Å². The van der Waals surface area contributed by atoms with Gasteiger partial charge >= 0.3 is 0 Å². The van der Waals surface area contributed by atoms with Crippen molar-refractivity contribution in [2.75, 3.05) is 44.0 Å². The molecule has 0 spiro atoms. The Bertz CT molecular complexity index is 772. The highest BCUT2D eigenvalue weighted by molar-refractivity contribution is 5.92. The van der Waals surface area contributed by atoms with Gasteiger partial charge in [-0.15, -0.1) is 0 Å². The van der Waals surface area contributed by atoms with Gasteiger partial charge in [-0.1, -0.05) is 25.5 Å². The zero-order valence-electron chi connectivity index (χ0n) is 17.9. The molecule has 0 bridgehead atoms. The fourth-order valence-corrected chi connectivity index (χ4v) is 3.58. The lowest BCUT2D eigenvalue weighted by atomic mass is 10.1. The summed E-state index contributed by atoms with van der Waals surface area (Å²) in [7, 11) is 4.28. The van der Waals surface area contributed by atoms with Crippen LogP contribution in [0.1, 0.15) is 31.7 Å². The maximum atomic E-state index is 12.4. The van der Waals surface area contributed by atoms with Crippen LogP contribution in [0.5, 0.6) is 5.75 Å². The largest absolute Gasteiger partial charge is 0.494 e. The summed E-state index contributed by atoms with van der Waals surface area (Å²) < 4.78 is 5.67. The summed E-state index contributed by atoms with van der Waals surface area (Å²) in [5, 5.41) is 2.99. The Balaban J connectivity index is 1.48. The molecule has 0 aromatic heterocycles. The second-order valence-electron chi connectivity index (χ2n) is 7.97. The van der Waals surface area contributed by atoms with Gasteiger partial charge in [-0.25, -0.2) is 0 Å². The summed E-state index contributed by atoms with van der Waals surface area (Å²) >= 11 is 0. The fraction of sp³-hybridized carbons (Fsp3) is 0.458. The molecule has 1 saturated heterocycles. The Labute approximate surface area is 174 Å². The van der Waals surface area contributed by atoms with E-state index in [0.717, 1.165) is 49.5 Å². The number of amides is 1. The van der Waals surface area contributed by atoms with E-state index in [2.05, 4.69) is 48.3 Å². The number of carbonyl (C=O) groups excluding carboxylic acids is 1. The normalized spacial score (nSPS) is 16.3. The standard InChI is InChI=1S/C24H33N3O2/c1-4-5-16-29-23-12-6-19(7-13-23)17-24(28)25-20-8-10-21(11-9-20)27-15-14-22(18-27)26(2)3/h6-13,22H,4-5,14-18H2,1-3H3,(H,25,28). The summed E-state index contributed by atoms with van der Waals surface area (Å²) in [5.74, 6) is 0.850. The van der Waals surface area contributed by atoms with Crippen LogP contribution in [0.25, 0.3) is 0 Å². The van der Waals surface area contributed by atoms with E-state index in [1.165, 1.54) is 12.1 Å². The van der Waals surface area contributed by atoms with Crippen molar-refractivity contribution in [2.45, 2.75) is 38.6 Å². The van der Waals surface area contributed by atoms with E-state index < -0.39 is 0 Å². The number of hydrogen-bond acceptors (Lipinski definition) is 4. The monoisotopic (exact) mass is 395 g/mol. The van der Waals surface area contributed by atoms with Gasteiger partial charge in [-0.3, -0.25) is 4.79 Å². The Kier molecular flexibility index (Phi) is 7.53. The molecule has 1 fully saturated rings. The molecule has 0 aliphatic carbocycles. The van der Waals surface area contributed by atoms with E-state index in [-0.39, 0.29) is 5.91 Å². The van der Waals surface area contributed by atoms with E-state index in [1.54, 1.807) is 0 Å². The molecular weight excluding hydrogens is 362 g/mol. The lowest BCUT2D eigenvalue weighted by Crippen LogP contribution is -2.31. The second kappa shape index (κ2) is 10.3.